The lowest BCUT2D eigenvalue weighted by atomic mass is 10.2. The highest BCUT2D eigenvalue weighted by Gasteiger charge is 2.21. The van der Waals surface area contributed by atoms with E-state index < -0.39 is 0 Å². The Bertz CT molecular complexity index is 992. The molecule has 0 unspecified atom stereocenters. The van der Waals surface area contributed by atoms with Gasteiger partial charge in [0.15, 0.2) is 4.34 Å². The van der Waals surface area contributed by atoms with E-state index in [-0.39, 0.29) is 17.6 Å². The fourth-order valence-corrected chi connectivity index (χ4v) is 4.51. The van der Waals surface area contributed by atoms with Crippen molar-refractivity contribution in [2.45, 2.75) is 17.2 Å². The standard InChI is InChI=1S/C20H19N5O2S2/c26-17(21-15-8-10-16(11-9-15)25-12-4-7-18(25)27)13-28-20-24-23-19(29-20)22-14-5-2-1-3-6-14/h1-3,5-6,8-11H,4,7,12-13H2,(H,21,26)(H,22,23). The fraction of sp³-hybridized carbons (Fsp3) is 0.200. The zero-order valence-electron chi connectivity index (χ0n) is 15.5. The van der Waals surface area contributed by atoms with E-state index in [0.717, 1.165) is 28.7 Å². The molecular weight excluding hydrogens is 406 g/mol. The van der Waals surface area contributed by atoms with Crippen LogP contribution in [-0.2, 0) is 9.59 Å². The molecule has 4 rings (SSSR count). The van der Waals surface area contributed by atoms with Crippen LogP contribution in [0.1, 0.15) is 12.8 Å². The van der Waals surface area contributed by atoms with Crippen molar-refractivity contribution in [3.63, 3.8) is 0 Å². The number of carbonyl (C=O) groups is 2. The van der Waals surface area contributed by atoms with Crippen LogP contribution in [0.15, 0.2) is 58.9 Å². The van der Waals surface area contributed by atoms with Crippen molar-refractivity contribution in [1.29, 1.82) is 0 Å². The van der Waals surface area contributed by atoms with E-state index in [2.05, 4.69) is 20.8 Å². The quantitative estimate of drug-likeness (QED) is 0.553. The van der Waals surface area contributed by atoms with E-state index in [4.69, 9.17) is 0 Å². The van der Waals surface area contributed by atoms with Crippen LogP contribution >= 0.6 is 23.1 Å². The average molecular weight is 426 g/mol. The fourth-order valence-electron chi connectivity index (χ4n) is 2.93. The van der Waals surface area contributed by atoms with Gasteiger partial charge in [-0.15, -0.1) is 10.2 Å². The van der Waals surface area contributed by atoms with Gasteiger partial charge in [0.05, 0.1) is 5.75 Å². The summed E-state index contributed by atoms with van der Waals surface area (Å²) >= 11 is 2.75. The van der Waals surface area contributed by atoms with E-state index in [9.17, 15) is 9.59 Å². The van der Waals surface area contributed by atoms with Crippen molar-refractivity contribution in [3.05, 3.63) is 54.6 Å². The third-order valence-corrected chi connectivity index (χ3v) is 6.27. The number of nitrogens with one attached hydrogen (secondary N) is 2. The molecule has 29 heavy (non-hydrogen) atoms. The Morgan fingerprint density at radius 2 is 1.86 bits per heavy atom. The number of hydrogen-bond acceptors (Lipinski definition) is 7. The molecule has 2 aromatic carbocycles. The molecule has 3 aromatic rings. The number of amides is 2. The van der Waals surface area contributed by atoms with Crippen LogP contribution in [0, 0.1) is 0 Å². The molecule has 0 saturated carbocycles. The number of hydrogen-bond donors (Lipinski definition) is 2. The largest absolute Gasteiger partial charge is 0.330 e. The van der Waals surface area contributed by atoms with Gasteiger partial charge in [0, 0.05) is 30.0 Å². The lowest BCUT2D eigenvalue weighted by Crippen LogP contribution is -2.23. The number of carbonyl (C=O) groups excluding carboxylic acids is 2. The zero-order chi connectivity index (χ0) is 20.1. The summed E-state index contributed by atoms with van der Waals surface area (Å²) in [5.41, 5.74) is 2.51. The number of aromatic nitrogens is 2. The molecule has 2 N–H and O–H groups in total. The number of rotatable bonds is 7. The maximum atomic E-state index is 12.2. The summed E-state index contributed by atoms with van der Waals surface area (Å²) in [6.45, 7) is 0.754. The predicted octanol–water partition coefficient (Wildman–Crippen LogP) is 4.14. The van der Waals surface area contributed by atoms with E-state index in [0.29, 0.717) is 17.2 Å². The highest BCUT2D eigenvalue weighted by Crippen LogP contribution is 2.28. The normalized spacial score (nSPS) is 13.5. The summed E-state index contributed by atoms with van der Waals surface area (Å²) in [6.07, 6.45) is 1.49. The molecule has 1 aliphatic rings. The predicted molar refractivity (Wildman–Crippen MR) is 117 cm³/mol. The molecule has 0 atom stereocenters. The molecule has 1 fully saturated rings. The Hall–Kier alpha value is -2.91. The molecule has 1 aromatic heterocycles. The van der Waals surface area contributed by atoms with Gasteiger partial charge in [0.1, 0.15) is 0 Å². The second-order valence-electron chi connectivity index (χ2n) is 6.40. The van der Waals surface area contributed by atoms with E-state index in [1.54, 1.807) is 4.90 Å². The van der Waals surface area contributed by atoms with Crippen molar-refractivity contribution < 1.29 is 9.59 Å². The molecule has 1 aliphatic heterocycles. The minimum absolute atomic E-state index is 0.118. The molecule has 0 radical (unpaired) electrons. The Labute approximate surface area is 176 Å². The first-order chi connectivity index (χ1) is 14.2. The van der Waals surface area contributed by atoms with E-state index >= 15 is 0 Å². The van der Waals surface area contributed by atoms with Crippen LogP contribution in [0.3, 0.4) is 0 Å². The van der Waals surface area contributed by atoms with Crippen LogP contribution in [0.4, 0.5) is 22.2 Å². The molecule has 148 valence electrons. The zero-order valence-corrected chi connectivity index (χ0v) is 17.1. The molecule has 2 heterocycles. The minimum Gasteiger partial charge on any atom is -0.330 e. The van der Waals surface area contributed by atoms with Gasteiger partial charge < -0.3 is 15.5 Å². The maximum Gasteiger partial charge on any atom is 0.234 e. The lowest BCUT2D eigenvalue weighted by Gasteiger charge is -2.16. The van der Waals surface area contributed by atoms with Crippen molar-refractivity contribution in [3.8, 4) is 0 Å². The van der Waals surface area contributed by atoms with Crippen molar-refractivity contribution in [2.24, 2.45) is 0 Å². The van der Waals surface area contributed by atoms with Gasteiger partial charge in [-0.05, 0) is 42.8 Å². The minimum atomic E-state index is -0.118. The number of anilines is 4. The van der Waals surface area contributed by atoms with Crippen LogP contribution in [0.2, 0.25) is 0 Å². The molecule has 9 heteroatoms. The van der Waals surface area contributed by atoms with Gasteiger partial charge in [0.25, 0.3) is 0 Å². The first-order valence-corrected chi connectivity index (χ1v) is 11.0. The first-order valence-electron chi connectivity index (χ1n) is 9.16. The van der Waals surface area contributed by atoms with Gasteiger partial charge in [-0.25, -0.2) is 0 Å². The summed E-state index contributed by atoms with van der Waals surface area (Å²) in [5, 5.41) is 14.9. The van der Waals surface area contributed by atoms with Crippen molar-refractivity contribution >= 4 is 57.1 Å². The second-order valence-corrected chi connectivity index (χ2v) is 8.60. The SMILES string of the molecule is O=C(CSc1nnc(Nc2ccccc2)s1)Nc1ccc(N2CCCC2=O)cc1. The molecule has 0 bridgehead atoms. The lowest BCUT2D eigenvalue weighted by molar-refractivity contribution is -0.117. The Balaban J connectivity index is 1.26. The van der Waals surface area contributed by atoms with E-state index in [1.165, 1.54) is 23.1 Å². The molecule has 0 aliphatic carbocycles. The number of benzene rings is 2. The topological polar surface area (TPSA) is 87.2 Å². The summed E-state index contributed by atoms with van der Waals surface area (Å²) in [6, 6.07) is 17.1. The first kappa shape index (κ1) is 19.4. The molecule has 0 spiro atoms. The number of thioether (sulfide) groups is 1. The number of nitrogens with zero attached hydrogens (tertiary/aromatic N) is 3. The average Bonchev–Trinajstić information content (AvgIpc) is 3.37. The molecular formula is C20H19N5O2S2. The molecule has 2 amide bonds. The Morgan fingerprint density at radius 1 is 1.07 bits per heavy atom. The number of para-hydroxylation sites is 1. The summed E-state index contributed by atoms with van der Waals surface area (Å²) in [7, 11) is 0. The van der Waals surface area contributed by atoms with E-state index in [1.807, 2.05) is 54.6 Å². The molecule has 1 saturated heterocycles. The van der Waals surface area contributed by atoms with Crippen LogP contribution in [0.25, 0.3) is 0 Å². The highest BCUT2D eigenvalue weighted by atomic mass is 32.2. The Morgan fingerprint density at radius 3 is 2.59 bits per heavy atom. The van der Waals surface area contributed by atoms with Gasteiger partial charge in [-0.3, -0.25) is 9.59 Å². The third-order valence-electron chi connectivity index (χ3n) is 4.29. The Kier molecular flexibility index (Phi) is 6.06. The van der Waals surface area contributed by atoms with Gasteiger partial charge >= 0.3 is 0 Å². The summed E-state index contributed by atoms with van der Waals surface area (Å²) in [5.74, 6) is 0.274. The van der Waals surface area contributed by atoms with Crippen molar-refractivity contribution in [2.75, 3.05) is 27.8 Å². The van der Waals surface area contributed by atoms with Gasteiger partial charge in [-0.1, -0.05) is 41.3 Å². The van der Waals surface area contributed by atoms with Gasteiger partial charge in [-0.2, -0.15) is 0 Å². The maximum absolute atomic E-state index is 12.2. The van der Waals surface area contributed by atoms with Crippen LogP contribution in [0.5, 0.6) is 0 Å². The molecule has 7 nitrogen and oxygen atoms in total. The third kappa shape index (κ3) is 5.12. The second kappa shape index (κ2) is 9.06. The van der Waals surface area contributed by atoms with Crippen LogP contribution < -0.4 is 15.5 Å². The highest BCUT2D eigenvalue weighted by molar-refractivity contribution is 8.01. The smallest absolute Gasteiger partial charge is 0.234 e. The van der Waals surface area contributed by atoms with Gasteiger partial charge in [0.2, 0.25) is 16.9 Å². The monoisotopic (exact) mass is 425 g/mol. The van der Waals surface area contributed by atoms with Crippen LogP contribution in [-0.4, -0.2) is 34.3 Å². The van der Waals surface area contributed by atoms with Crippen molar-refractivity contribution in [1.82, 2.24) is 10.2 Å². The summed E-state index contributed by atoms with van der Waals surface area (Å²) in [4.78, 5) is 25.8. The summed E-state index contributed by atoms with van der Waals surface area (Å²) < 4.78 is 0.724.